The van der Waals surface area contributed by atoms with Gasteiger partial charge in [-0.05, 0) is 32.0 Å². The zero-order chi connectivity index (χ0) is 14.5. The van der Waals surface area contributed by atoms with Crippen LogP contribution in [-0.2, 0) is 6.61 Å². The molecule has 106 valence electrons. The van der Waals surface area contributed by atoms with Gasteiger partial charge in [-0.2, -0.15) is 0 Å². The van der Waals surface area contributed by atoms with Crippen LogP contribution in [0.1, 0.15) is 23.2 Å². The summed E-state index contributed by atoms with van der Waals surface area (Å²) in [6, 6.07) is 5.39. The Morgan fingerprint density at radius 3 is 2.80 bits per heavy atom. The number of aromatic nitrogens is 1. The van der Waals surface area contributed by atoms with Crippen molar-refractivity contribution in [3.05, 3.63) is 39.8 Å². The van der Waals surface area contributed by atoms with Crippen LogP contribution in [0.5, 0.6) is 11.5 Å². The number of benzene rings is 1. The molecule has 0 aliphatic rings. The maximum absolute atomic E-state index is 8.78. The van der Waals surface area contributed by atoms with Crippen molar-refractivity contribution < 1.29 is 14.7 Å². The Hall–Kier alpha value is -2.08. The summed E-state index contributed by atoms with van der Waals surface area (Å²) >= 11 is 1.59. The van der Waals surface area contributed by atoms with E-state index in [1.54, 1.807) is 37.5 Å². The highest BCUT2D eigenvalue weighted by Gasteiger charge is 2.09. The van der Waals surface area contributed by atoms with Crippen molar-refractivity contribution >= 4 is 17.0 Å². The summed E-state index contributed by atoms with van der Waals surface area (Å²) < 4.78 is 11.0. The average molecular weight is 292 g/mol. The maximum Gasteiger partial charge on any atom is 0.161 e. The Morgan fingerprint density at radius 2 is 2.20 bits per heavy atom. The Kier molecular flexibility index (Phi) is 4.57. The van der Waals surface area contributed by atoms with Gasteiger partial charge >= 0.3 is 0 Å². The van der Waals surface area contributed by atoms with Crippen LogP contribution in [-0.4, -0.2) is 23.0 Å². The molecule has 0 saturated carbocycles. The van der Waals surface area contributed by atoms with E-state index in [4.69, 9.17) is 14.7 Å². The molecule has 0 spiro atoms. The Labute approximate surface area is 121 Å². The zero-order valence-electron chi connectivity index (χ0n) is 11.6. The lowest BCUT2D eigenvalue weighted by Crippen LogP contribution is -2.00. The summed E-state index contributed by atoms with van der Waals surface area (Å²) in [5, 5.41) is 14.9. The molecule has 1 aromatic heterocycles. The van der Waals surface area contributed by atoms with Gasteiger partial charge in [0.15, 0.2) is 11.5 Å². The predicted octanol–water partition coefficient (Wildman–Crippen LogP) is 3.24. The van der Waals surface area contributed by atoms with Gasteiger partial charge in [0.1, 0.15) is 6.61 Å². The number of aryl methyl sites for hydroxylation is 1. The third kappa shape index (κ3) is 3.27. The van der Waals surface area contributed by atoms with Crippen LogP contribution < -0.4 is 9.47 Å². The number of thiazole rings is 1. The molecule has 0 radical (unpaired) electrons. The van der Waals surface area contributed by atoms with E-state index in [1.165, 1.54) is 0 Å². The number of hydrogen-bond donors (Lipinski definition) is 1. The van der Waals surface area contributed by atoms with Crippen LogP contribution in [0.25, 0.3) is 0 Å². The van der Waals surface area contributed by atoms with Crippen LogP contribution >= 0.6 is 11.3 Å². The summed E-state index contributed by atoms with van der Waals surface area (Å²) in [5.74, 6) is 1.23. The lowest BCUT2D eigenvalue weighted by Gasteiger charge is -2.11. The molecule has 2 aromatic rings. The number of nitrogens with zero attached hydrogens (tertiary/aromatic N) is 2. The predicted molar refractivity (Wildman–Crippen MR) is 78.2 cm³/mol. The van der Waals surface area contributed by atoms with Crippen LogP contribution in [0.3, 0.4) is 0 Å². The minimum Gasteiger partial charge on any atom is -0.493 e. The van der Waals surface area contributed by atoms with E-state index in [2.05, 4.69) is 10.1 Å². The normalized spacial score (nSPS) is 11.4. The molecule has 1 N–H and O–H groups in total. The van der Waals surface area contributed by atoms with Gasteiger partial charge in [0.05, 0.1) is 23.5 Å². The van der Waals surface area contributed by atoms with Crippen LogP contribution in [0.4, 0.5) is 0 Å². The molecular weight excluding hydrogens is 276 g/mol. The van der Waals surface area contributed by atoms with E-state index in [0.29, 0.717) is 23.8 Å². The SMILES string of the molecule is COc1cc(C(C)=NO)ccc1OCc1csc(C)n1. The van der Waals surface area contributed by atoms with Gasteiger partial charge in [-0.3, -0.25) is 0 Å². The van der Waals surface area contributed by atoms with E-state index in [-0.39, 0.29) is 0 Å². The van der Waals surface area contributed by atoms with Gasteiger partial charge in [-0.1, -0.05) is 5.16 Å². The standard InChI is InChI=1S/C14H16N2O3S/c1-9(16-17)11-4-5-13(14(6-11)18-3)19-7-12-8-20-10(2)15-12/h4-6,8,17H,7H2,1-3H3. The van der Waals surface area contributed by atoms with Gasteiger partial charge in [0.25, 0.3) is 0 Å². The first-order valence-corrected chi connectivity index (χ1v) is 6.93. The molecule has 0 aliphatic carbocycles. The molecule has 0 fully saturated rings. The van der Waals surface area contributed by atoms with E-state index >= 15 is 0 Å². The van der Waals surface area contributed by atoms with Gasteiger partial charge in [-0.25, -0.2) is 4.98 Å². The summed E-state index contributed by atoms with van der Waals surface area (Å²) in [6.07, 6.45) is 0. The number of rotatable bonds is 5. The van der Waals surface area contributed by atoms with Gasteiger partial charge in [0, 0.05) is 10.9 Å². The highest BCUT2D eigenvalue weighted by molar-refractivity contribution is 7.09. The van der Waals surface area contributed by atoms with Crippen molar-refractivity contribution in [3.8, 4) is 11.5 Å². The fraction of sp³-hybridized carbons (Fsp3) is 0.286. The van der Waals surface area contributed by atoms with Crippen molar-refractivity contribution in [2.75, 3.05) is 7.11 Å². The highest BCUT2D eigenvalue weighted by atomic mass is 32.1. The van der Waals surface area contributed by atoms with Gasteiger partial charge in [0.2, 0.25) is 0 Å². The highest BCUT2D eigenvalue weighted by Crippen LogP contribution is 2.29. The first kappa shape index (κ1) is 14.3. The van der Waals surface area contributed by atoms with Crippen LogP contribution in [0, 0.1) is 6.92 Å². The van der Waals surface area contributed by atoms with Crippen LogP contribution in [0.2, 0.25) is 0 Å². The van der Waals surface area contributed by atoms with E-state index in [0.717, 1.165) is 16.3 Å². The third-order valence-electron chi connectivity index (χ3n) is 2.77. The average Bonchev–Trinajstić information content (AvgIpc) is 2.89. The van der Waals surface area contributed by atoms with Crippen molar-refractivity contribution in [1.82, 2.24) is 4.98 Å². The topological polar surface area (TPSA) is 63.9 Å². The second-order valence-corrected chi connectivity index (χ2v) is 5.26. The molecule has 5 nitrogen and oxygen atoms in total. The zero-order valence-corrected chi connectivity index (χ0v) is 12.4. The Morgan fingerprint density at radius 1 is 1.40 bits per heavy atom. The van der Waals surface area contributed by atoms with Gasteiger partial charge in [-0.15, -0.1) is 11.3 Å². The summed E-state index contributed by atoms with van der Waals surface area (Å²) in [7, 11) is 1.57. The first-order valence-electron chi connectivity index (χ1n) is 6.05. The Balaban J connectivity index is 2.15. The molecule has 0 unspecified atom stereocenters. The fourth-order valence-electron chi connectivity index (χ4n) is 1.70. The van der Waals surface area contributed by atoms with Crippen molar-refractivity contribution in [1.29, 1.82) is 0 Å². The largest absolute Gasteiger partial charge is 0.493 e. The molecule has 6 heteroatoms. The van der Waals surface area contributed by atoms with Gasteiger partial charge < -0.3 is 14.7 Å². The summed E-state index contributed by atoms with van der Waals surface area (Å²) in [5.41, 5.74) is 2.19. The molecule has 0 amide bonds. The van der Waals surface area contributed by atoms with Crippen molar-refractivity contribution in [2.24, 2.45) is 5.16 Å². The quantitative estimate of drug-likeness (QED) is 0.522. The van der Waals surface area contributed by atoms with E-state index in [9.17, 15) is 0 Å². The molecule has 2 rings (SSSR count). The van der Waals surface area contributed by atoms with E-state index in [1.807, 2.05) is 18.4 Å². The molecule has 0 atom stereocenters. The van der Waals surface area contributed by atoms with Crippen molar-refractivity contribution in [2.45, 2.75) is 20.5 Å². The molecule has 0 bridgehead atoms. The molecule has 1 aromatic carbocycles. The first-order chi connectivity index (χ1) is 9.63. The second-order valence-electron chi connectivity index (χ2n) is 4.20. The molecule has 20 heavy (non-hydrogen) atoms. The second kappa shape index (κ2) is 6.38. The number of hydrogen-bond acceptors (Lipinski definition) is 6. The molecule has 1 heterocycles. The summed E-state index contributed by atoms with van der Waals surface area (Å²) in [4.78, 5) is 4.34. The number of ether oxygens (including phenoxy) is 2. The third-order valence-corrected chi connectivity index (χ3v) is 3.60. The lowest BCUT2D eigenvalue weighted by atomic mass is 10.1. The lowest BCUT2D eigenvalue weighted by molar-refractivity contribution is 0.281. The molecule has 0 aliphatic heterocycles. The minimum atomic E-state index is 0.396. The smallest absolute Gasteiger partial charge is 0.161 e. The van der Waals surface area contributed by atoms with E-state index < -0.39 is 0 Å². The maximum atomic E-state index is 8.78. The monoisotopic (exact) mass is 292 g/mol. The fourth-order valence-corrected chi connectivity index (χ4v) is 2.29. The summed E-state index contributed by atoms with van der Waals surface area (Å²) in [6.45, 7) is 4.07. The van der Waals surface area contributed by atoms with Crippen molar-refractivity contribution in [3.63, 3.8) is 0 Å². The number of methoxy groups -OCH3 is 1. The molecular formula is C14H16N2O3S. The van der Waals surface area contributed by atoms with Crippen LogP contribution in [0.15, 0.2) is 28.7 Å². The molecule has 0 saturated heterocycles. The minimum absolute atomic E-state index is 0.396. The Bertz CT molecular complexity index is 623. The number of oxime groups is 1.